The van der Waals surface area contributed by atoms with Crippen molar-refractivity contribution in [3.8, 4) is 11.1 Å². The smallest absolute Gasteiger partial charge is 0.284 e. The van der Waals surface area contributed by atoms with E-state index in [2.05, 4.69) is 9.80 Å². The van der Waals surface area contributed by atoms with Crippen LogP contribution < -0.4 is 0 Å². The lowest BCUT2D eigenvalue weighted by Crippen LogP contribution is -2.41. The van der Waals surface area contributed by atoms with Crippen LogP contribution in [0.2, 0.25) is 0 Å². The number of hydrogen-bond acceptors (Lipinski definition) is 8. The van der Waals surface area contributed by atoms with Crippen LogP contribution in [0.5, 0.6) is 0 Å². The maximum Gasteiger partial charge on any atom is 0.284 e. The molecule has 35 heavy (non-hydrogen) atoms. The number of likely N-dealkylation sites (tertiary alicyclic amines) is 2. The summed E-state index contributed by atoms with van der Waals surface area (Å²) in [6, 6.07) is 6.68. The van der Waals surface area contributed by atoms with E-state index in [4.69, 9.17) is 0 Å². The highest BCUT2D eigenvalue weighted by Gasteiger charge is 2.38. The number of nitro groups is 3. The third-order valence-corrected chi connectivity index (χ3v) is 7.07. The lowest BCUT2D eigenvalue weighted by molar-refractivity contribution is -0.393. The number of piperidine rings is 2. The molecule has 0 aromatic heterocycles. The van der Waals surface area contributed by atoms with Gasteiger partial charge in [-0.15, -0.1) is 0 Å². The molecule has 0 N–H and O–H groups in total. The number of nitrogens with zero attached hydrogens (tertiary/aromatic N) is 5. The molecule has 2 aliphatic heterocycles. The van der Waals surface area contributed by atoms with Gasteiger partial charge in [-0.25, -0.2) is 0 Å². The minimum Gasteiger partial charge on any atom is -0.358 e. The Morgan fingerprint density at radius 1 is 0.629 bits per heavy atom. The molecular weight excluding hydrogens is 454 g/mol. The summed E-state index contributed by atoms with van der Waals surface area (Å²) in [7, 11) is 0. The largest absolute Gasteiger partial charge is 0.358 e. The van der Waals surface area contributed by atoms with Gasteiger partial charge in [0.15, 0.2) is 0 Å². The summed E-state index contributed by atoms with van der Waals surface area (Å²) in [5, 5.41) is 35.4. The number of rotatable bonds is 5. The molecule has 0 radical (unpaired) electrons. The van der Waals surface area contributed by atoms with Crippen LogP contribution >= 0.6 is 0 Å². The van der Waals surface area contributed by atoms with E-state index >= 15 is 0 Å². The molecule has 0 bridgehead atoms. The van der Waals surface area contributed by atoms with Gasteiger partial charge < -0.3 is 9.80 Å². The van der Waals surface area contributed by atoms with Crippen LogP contribution in [-0.4, -0.2) is 50.7 Å². The zero-order chi connectivity index (χ0) is 24.7. The number of non-ortho nitro benzene ring substituents is 2. The second-order valence-corrected chi connectivity index (χ2v) is 9.18. The minimum atomic E-state index is -0.627. The fourth-order valence-corrected chi connectivity index (χ4v) is 5.53. The summed E-state index contributed by atoms with van der Waals surface area (Å²) in [5.74, 6) is 0.875. The van der Waals surface area contributed by atoms with E-state index < -0.39 is 14.8 Å². The van der Waals surface area contributed by atoms with E-state index in [1.54, 1.807) is 0 Å². The first-order valence-corrected chi connectivity index (χ1v) is 11.9. The Bertz CT molecular complexity index is 1240. The second kappa shape index (κ2) is 8.97. The van der Waals surface area contributed by atoms with Crippen LogP contribution in [0.4, 0.5) is 17.1 Å². The topological polar surface area (TPSA) is 136 Å². The SMILES string of the molecule is O=[N+]([O-])c1ccc2c(c1)C(=C(N1CCCCC1)N1CCCCC1)c1cc([N+](=O)[O-])cc([N+](=O)[O-])c1-2. The Balaban J connectivity index is 1.87. The highest BCUT2D eigenvalue weighted by Crippen LogP contribution is 2.52. The molecule has 2 aromatic carbocycles. The van der Waals surface area contributed by atoms with Gasteiger partial charge >= 0.3 is 0 Å². The molecule has 11 nitrogen and oxygen atoms in total. The zero-order valence-electron chi connectivity index (χ0n) is 19.1. The number of fused-ring (bicyclic) bond motifs is 3. The second-order valence-electron chi connectivity index (χ2n) is 9.18. The van der Waals surface area contributed by atoms with Crippen molar-refractivity contribution >= 4 is 22.6 Å². The first-order valence-electron chi connectivity index (χ1n) is 11.9. The Morgan fingerprint density at radius 2 is 1.17 bits per heavy atom. The van der Waals surface area contributed by atoms with Gasteiger partial charge in [0.1, 0.15) is 5.82 Å². The molecule has 1 aliphatic carbocycles. The van der Waals surface area contributed by atoms with Crippen LogP contribution in [0, 0.1) is 30.3 Å². The normalized spacial score (nSPS) is 17.1. The average molecular weight is 479 g/mol. The Labute approximate surface area is 201 Å². The van der Waals surface area contributed by atoms with Gasteiger partial charge in [-0.1, -0.05) is 0 Å². The van der Waals surface area contributed by atoms with Crippen molar-refractivity contribution in [2.45, 2.75) is 38.5 Å². The lowest BCUT2D eigenvalue weighted by Gasteiger charge is -2.41. The Kier molecular flexibility index (Phi) is 5.83. The monoisotopic (exact) mass is 479 g/mol. The fourth-order valence-electron chi connectivity index (χ4n) is 5.53. The molecule has 0 amide bonds. The maximum atomic E-state index is 12.0. The number of nitro benzene ring substituents is 3. The van der Waals surface area contributed by atoms with E-state index in [1.165, 1.54) is 24.3 Å². The molecule has 2 heterocycles. The molecule has 2 saturated heterocycles. The third kappa shape index (κ3) is 3.96. The molecule has 0 saturated carbocycles. The van der Waals surface area contributed by atoms with Crippen LogP contribution in [0.15, 0.2) is 36.2 Å². The molecule has 5 rings (SSSR count). The summed E-state index contributed by atoms with van der Waals surface area (Å²) in [6.45, 7) is 3.19. The van der Waals surface area contributed by atoms with E-state index in [1.807, 2.05) is 0 Å². The molecule has 3 aliphatic rings. The summed E-state index contributed by atoms with van der Waals surface area (Å²) < 4.78 is 0. The van der Waals surface area contributed by atoms with Gasteiger partial charge in [-0.2, -0.15) is 0 Å². The predicted molar refractivity (Wildman–Crippen MR) is 129 cm³/mol. The molecule has 0 unspecified atom stereocenters. The van der Waals surface area contributed by atoms with Crippen molar-refractivity contribution in [3.63, 3.8) is 0 Å². The van der Waals surface area contributed by atoms with E-state index in [0.717, 1.165) is 76.6 Å². The van der Waals surface area contributed by atoms with Crippen molar-refractivity contribution in [1.29, 1.82) is 0 Å². The first kappa shape index (κ1) is 22.8. The number of benzene rings is 2. The van der Waals surface area contributed by atoms with Crippen LogP contribution in [0.3, 0.4) is 0 Å². The van der Waals surface area contributed by atoms with Crippen molar-refractivity contribution in [2.24, 2.45) is 0 Å². The maximum absolute atomic E-state index is 12.0. The minimum absolute atomic E-state index is 0.122. The molecule has 11 heteroatoms. The van der Waals surface area contributed by atoms with Crippen LogP contribution in [0.1, 0.15) is 49.7 Å². The van der Waals surface area contributed by atoms with Crippen molar-refractivity contribution < 1.29 is 14.8 Å². The van der Waals surface area contributed by atoms with Crippen LogP contribution in [0.25, 0.3) is 16.7 Å². The molecule has 0 atom stereocenters. The quantitative estimate of drug-likeness (QED) is 0.365. The molecule has 0 spiro atoms. The zero-order valence-corrected chi connectivity index (χ0v) is 19.1. The first-order chi connectivity index (χ1) is 16.9. The Morgan fingerprint density at radius 3 is 1.69 bits per heavy atom. The van der Waals surface area contributed by atoms with Gasteiger partial charge in [-0.3, -0.25) is 30.3 Å². The third-order valence-electron chi connectivity index (χ3n) is 7.07. The lowest BCUT2D eigenvalue weighted by atomic mass is 9.99. The molecular formula is C24H25N5O6. The van der Waals surface area contributed by atoms with E-state index in [9.17, 15) is 30.3 Å². The van der Waals surface area contributed by atoms with Crippen molar-refractivity contribution in [3.05, 3.63) is 77.6 Å². The standard InChI is InChI=1S/C24H25N5O6/c30-27(31)16-7-8-18-19(13-16)23(20-14-17(28(32)33)15-21(22(18)20)29(34)35)24(25-9-3-1-4-10-25)26-11-5-2-6-12-26/h7-8,13-15H,1-6,9-12H2. The van der Waals surface area contributed by atoms with Crippen LogP contribution in [-0.2, 0) is 0 Å². The predicted octanol–water partition coefficient (Wildman–Crippen LogP) is 5.08. The highest BCUT2D eigenvalue weighted by atomic mass is 16.6. The fraction of sp³-hybridized carbons (Fsp3) is 0.417. The number of hydrogen-bond donors (Lipinski definition) is 0. The summed E-state index contributed by atoms with van der Waals surface area (Å²) in [4.78, 5) is 38.2. The molecule has 182 valence electrons. The summed E-state index contributed by atoms with van der Waals surface area (Å²) in [5.41, 5.74) is 1.46. The van der Waals surface area contributed by atoms with Gasteiger partial charge in [0.25, 0.3) is 17.1 Å². The van der Waals surface area contributed by atoms with Gasteiger partial charge in [0.05, 0.1) is 26.4 Å². The summed E-state index contributed by atoms with van der Waals surface area (Å²) in [6.07, 6.45) is 6.19. The average Bonchev–Trinajstić information content (AvgIpc) is 3.18. The molecule has 2 fully saturated rings. The summed E-state index contributed by atoms with van der Waals surface area (Å²) >= 11 is 0. The highest BCUT2D eigenvalue weighted by molar-refractivity contribution is 6.06. The van der Waals surface area contributed by atoms with Crippen molar-refractivity contribution in [2.75, 3.05) is 26.2 Å². The van der Waals surface area contributed by atoms with Gasteiger partial charge in [-0.05, 0) is 50.2 Å². The van der Waals surface area contributed by atoms with Crippen molar-refractivity contribution in [1.82, 2.24) is 9.80 Å². The van der Waals surface area contributed by atoms with Gasteiger partial charge in [0, 0.05) is 61.1 Å². The molecule has 2 aromatic rings. The van der Waals surface area contributed by atoms with Gasteiger partial charge in [0.2, 0.25) is 0 Å². The van der Waals surface area contributed by atoms with E-state index in [0.29, 0.717) is 22.3 Å². The Hall–Kier alpha value is -4.02. The van der Waals surface area contributed by atoms with E-state index in [-0.39, 0.29) is 22.6 Å².